The van der Waals surface area contributed by atoms with E-state index in [2.05, 4.69) is 4.98 Å². The highest BCUT2D eigenvalue weighted by atomic mass is 19.1. The van der Waals surface area contributed by atoms with Crippen LogP contribution in [0.4, 0.5) is 4.39 Å². The van der Waals surface area contributed by atoms with E-state index >= 15 is 0 Å². The molecule has 3 heteroatoms. The number of nitrogens with zero attached hydrogens (tertiary/aromatic N) is 1. The van der Waals surface area contributed by atoms with E-state index in [1.165, 1.54) is 12.1 Å². The summed E-state index contributed by atoms with van der Waals surface area (Å²) in [4.78, 5) is 3.04. The Morgan fingerprint density at radius 1 is 1.38 bits per heavy atom. The van der Waals surface area contributed by atoms with Crippen LogP contribution in [0.2, 0.25) is 0 Å². The van der Waals surface area contributed by atoms with Crippen molar-refractivity contribution in [2.24, 2.45) is 0 Å². The first-order chi connectivity index (χ1) is 6.20. The quantitative estimate of drug-likeness (QED) is 0.654. The molecule has 0 fully saturated rings. The molecule has 0 aliphatic rings. The van der Waals surface area contributed by atoms with Gasteiger partial charge in [-0.2, -0.15) is 5.26 Å². The summed E-state index contributed by atoms with van der Waals surface area (Å²) in [6.45, 7) is 1.89. The topological polar surface area (TPSA) is 39.6 Å². The highest BCUT2D eigenvalue weighted by molar-refractivity contribution is 5.81. The van der Waals surface area contributed by atoms with E-state index in [0.717, 1.165) is 16.6 Å². The van der Waals surface area contributed by atoms with Crippen LogP contribution in [-0.2, 0) is 0 Å². The first kappa shape index (κ1) is 7.81. The van der Waals surface area contributed by atoms with E-state index in [1.807, 2.05) is 13.0 Å². The maximum atomic E-state index is 13.1. The van der Waals surface area contributed by atoms with Crippen LogP contribution in [-0.4, -0.2) is 4.98 Å². The molecule has 0 atom stereocenters. The molecule has 1 heterocycles. The largest absolute Gasteiger partial charge is 0.359 e. The lowest BCUT2D eigenvalue weighted by atomic mass is 10.1. The minimum atomic E-state index is -0.464. The maximum absolute atomic E-state index is 13.1. The van der Waals surface area contributed by atoms with Gasteiger partial charge in [0, 0.05) is 16.6 Å². The van der Waals surface area contributed by atoms with Crippen molar-refractivity contribution in [3.05, 3.63) is 35.3 Å². The van der Waals surface area contributed by atoms with Crippen molar-refractivity contribution >= 4 is 10.9 Å². The molecule has 0 unspecified atom stereocenters. The van der Waals surface area contributed by atoms with Gasteiger partial charge in [0.1, 0.15) is 11.9 Å². The Morgan fingerprint density at radius 3 is 2.85 bits per heavy atom. The minimum absolute atomic E-state index is 0.0781. The van der Waals surface area contributed by atoms with E-state index in [9.17, 15) is 4.39 Å². The molecule has 2 nitrogen and oxygen atoms in total. The van der Waals surface area contributed by atoms with Crippen molar-refractivity contribution in [2.75, 3.05) is 0 Å². The molecule has 1 aromatic carbocycles. The molecular weight excluding hydrogens is 167 g/mol. The minimum Gasteiger partial charge on any atom is -0.359 e. The molecule has 0 aliphatic heterocycles. The molecule has 0 amide bonds. The lowest BCUT2D eigenvalue weighted by Gasteiger charge is -1.92. The maximum Gasteiger partial charge on any atom is 0.141 e. The fourth-order valence-corrected chi connectivity index (χ4v) is 1.38. The van der Waals surface area contributed by atoms with E-state index in [1.54, 1.807) is 6.07 Å². The van der Waals surface area contributed by atoms with Gasteiger partial charge in [0.05, 0.1) is 5.56 Å². The fraction of sp³-hybridized carbons (Fsp3) is 0.100. The number of halogens is 1. The van der Waals surface area contributed by atoms with Crippen LogP contribution in [0.3, 0.4) is 0 Å². The fourth-order valence-electron chi connectivity index (χ4n) is 1.38. The molecule has 13 heavy (non-hydrogen) atoms. The molecular formula is C10H7FN2. The lowest BCUT2D eigenvalue weighted by Crippen LogP contribution is -1.82. The van der Waals surface area contributed by atoms with E-state index in [0.29, 0.717) is 0 Å². The summed E-state index contributed by atoms with van der Waals surface area (Å²) in [6, 6.07) is 6.55. The molecule has 2 aromatic rings. The van der Waals surface area contributed by atoms with Gasteiger partial charge in [-0.25, -0.2) is 4.39 Å². The highest BCUT2D eigenvalue weighted by Gasteiger charge is 2.05. The van der Waals surface area contributed by atoms with Crippen LogP contribution in [0.15, 0.2) is 18.2 Å². The zero-order valence-electron chi connectivity index (χ0n) is 7.06. The van der Waals surface area contributed by atoms with Gasteiger partial charge < -0.3 is 4.98 Å². The van der Waals surface area contributed by atoms with E-state index in [-0.39, 0.29) is 5.56 Å². The third-order valence-electron chi connectivity index (χ3n) is 1.96. The summed E-state index contributed by atoms with van der Waals surface area (Å²) in [5.74, 6) is -0.464. The molecule has 64 valence electrons. The second kappa shape index (κ2) is 2.60. The predicted molar refractivity (Wildman–Crippen MR) is 47.7 cm³/mol. The third-order valence-corrected chi connectivity index (χ3v) is 1.96. The van der Waals surface area contributed by atoms with Gasteiger partial charge in [0.15, 0.2) is 0 Å². The lowest BCUT2D eigenvalue weighted by molar-refractivity contribution is 0.626. The summed E-state index contributed by atoms with van der Waals surface area (Å²) in [7, 11) is 0. The van der Waals surface area contributed by atoms with Crippen molar-refractivity contribution in [3.8, 4) is 6.07 Å². The van der Waals surface area contributed by atoms with Gasteiger partial charge in [-0.05, 0) is 25.1 Å². The molecule has 0 saturated carbocycles. The number of hydrogen-bond acceptors (Lipinski definition) is 1. The van der Waals surface area contributed by atoms with Crippen LogP contribution >= 0.6 is 0 Å². The normalized spacial score (nSPS) is 10.2. The third kappa shape index (κ3) is 1.17. The van der Waals surface area contributed by atoms with Crippen molar-refractivity contribution in [2.45, 2.75) is 6.92 Å². The Hall–Kier alpha value is -1.82. The second-order valence-corrected chi connectivity index (χ2v) is 2.98. The highest BCUT2D eigenvalue weighted by Crippen LogP contribution is 2.19. The van der Waals surface area contributed by atoms with Crippen LogP contribution < -0.4 is 0 Å². The van der Waals surface area contributed by atoms with Crippen molar-refractivity contribution in [3.63, 3.8) is 0 Å². The van der Waals surface area contributed by atoms with E-state index < -0.39 is 5.82 Å². The molecule has 2 rings (SSSR count). The predicted octanol–water partition coefficient (Wildman–Crippen LogP) is 2.49. The van der Waals surface area contributed by atoms with Crippen LogP contribution in [0.1, 0.15) is 11.3 Å². The van der Waals surface area contributed by atoms with Crippen molar-refractivity contribution in [1.82, 2.24) is 4.98 Å². The smallest absolute Gasteiger partial charge is 0.141 e. The van der Waals surface area contributed by atoms with Crippen LogP contribution in [0, 0.1) is 24.1 Å². The van der Waals surface area contributed by atoms with Crippen LogP contribution in [0.25, 0.3) is 10.9 Å². The summed E-state index contributed by atoms with van der Waals surface area (Å²) < 4.78 is 13.1. The molecule has 0 saturated heterocycles. The van der Waals surface area contributed by atoms with Gasteiger partial charge in [0.25, 0.3) is 0 Å². The zero-order valence-corrected chi connectivity index (χ0v) is 7.06. The van der Waals surface area contributed by atoms with Gasteiger partial charge in [-0.15, -0.1) is 0 Å². The summed E-state index contributed by atoms with van der Waals surface area (Å²) >= 11 is 0. The van der Waals surface area contributed by atoms with Gasteiger partial charge >= 0.3 is 0 Å². The Bertz CT molecular complexity index is 505. The summed E-state index contributed by atoms with van der Waals surface area (Å²) in [5.41, 5.74) is 1.84. The van der Waals surface area contributed by atoms with Crippen molar-refractivity contribution < 1.29 is 4.39 Å². The number of H-pyrrole nitrogens is 1. The number of fused-ring (bicyclic) bond motifs is 1. The number of nitrogens with one attached hydrogen (secondary N) is 1. The molecule has 0 radical (unpaired) electrons. The standard InChI is InChI=1S/C10H7FN2/c1-6-2-7-3-9(11)8(5-12)4-10(7)13-6/h2-4,13H,1H3. The summed E-state index contributed by atoms with van der Waals surface area (Å²) in [5, 5.41) is 9.38. The molecule has 1 aromatic heterocycles. The molecule has 0 aliphatic carbocycles. The SMILES string of the molecule is Cc1cc2cc(F)c(C#N)cc2[nH]1. The van der Waals surface area contributed by atoms with Crippen LogP contribution in [0.5, 0.6) is 0 Å². The Kier molecular flexibility index (Phi) is 1.56. The zero-order chi connectivity index (χ0) is 9.42. The Morgan fingerprint density at radius 2 is 2.15 bits per heavy atom. The molecule has 0 spiro atoms. The monoisotopic (exact) mass is 174 g/mol. The second-order valence-electron chi connectivity index (χ2n) is 2.98. The number of aryl methyl sites for hydroxylation is 1. The number of aromatic amines is 1. The van der Waals surface area contributed by atoms with Gasteiger partial charge in [-0.3, -0.25) is 0 Å². The number of aromatic nitrogens is 1. The van der Waals surface area contributed by atoms with Gasteiger partial charge in [0.2, 0.25) is 0 Å². The number of nitriles is 1. The first-order valence-electron chi connectivity index (χ1n) is 3.89. The Balaban J connectivity index is 2.82. The summed E-state index contributed by atoms with van der Waals surface area (Å²) in [6.07, 6.45) is 0. The van der Waals surface area contributed by atoms with Gasteiger partial charge in [-0.1, -0.05) is 0 Å². The van der Waals surface area contributed by atoms with Crippen molar-refractivity contribution in [1.29, 1.82) is 5.26 Å². The molecule has 1 N–H and O–H groups in total. The number of hydrogen-bond donors (Lipinski definition) is 1. The average molecular weight is 174 g/mol. The van der Waals surface area contributed by atoms with E-state index in [4.69, 9.17) is 5.26 Å². The average Bonchev–Trinajstić information content (AvgIpc) is 2.42. The Labute approximate surface area is 74.6 Å². The first-order valence-corrected chi connectivity index (χ1v) is 3.89. The number of rotatable bonds is 0. The number of benzene rings is 1. The molecule has 0 bridgehead atoms.